The molecule has 96 valence electrons. The number of thiazole rings is 1. The quantitative estimate of drug-likeness (QED) is 0.899. The molecule has 2 heterocycles. The maximum Gasteiger partial charge on any atom is 0.0798 e. The van der Waals surface area contributed by atoms with Crippen molar-refractivity contribution in [1.29, 1.82) is 0 Å². The number of hydrogen-bond acceptors (Lipinski definition) is 5. The number of pyridine rings is 1. The molecule has 0 aromatic carbocycles. The van der Waals surface area contributed by atoms with Crippen molar-refractivity contribution in [2.24, 2.45) is 0 Å². The van der Waals surface area contributed by atoms with Crippen LogP contribution in [0.1, 0.15) is 16.3 Å². The van der Waals surface area contributed by atoms with Crippen LogP contribution in [0.25, 0.3) is 0 Å². The van der Waals surface area contributed by atoms with Crippen LogP contribution in [0.2, 0.25) is 0 Å². The number of aromatic nitrogens is 2. The Kier molecular flexibility index (Phi) is 4.28. The van der Waals surface area contributed by atoms with Gasteiger partial charge in [0, 0.05) is 36.9 Å². The van der Waals surface area contributed by atoms with Crippen LogP contribution in [0.3, 0.4) is 0 Å². The Morgan fingerprint density at radius 3 is 2.83 bits per heavy atom. The molecule has 0 amide bonds. The van der Waals surface area contributed by atoms with Gasteiger partial charge < -0.3 is 5.32 Å². The Balaban J connectivity index is 1.98. The summed E-state index contributed by atoms with van der Waals surface area (Å²) < 4.78 is 0. The highest BCUT2D eigenvalue weighted by Gasteiger charge is 2.07. The van der Waals surface area contributed by atoms with Crippen molar-refractivity contribution in [1.82, 2.24) is 14.9 Å². The fourth-order valence-corrected chi connectivity index (χ4v) is 2.63. The summed E-state index contributed by atoms with van der Waals surface area (Å²) in [4.78, 5) is 12.2. The van der Waals surface area contributed by atoms with Crippen molar-refractivity contribution >= 4 is 17.0 Å². The van der Waals surface area contributed by atoms with Crippen LogP contribution in [0.4, 0.5) is 5.69 Å². The molecule has 0 aliphatic carbocycles. The summed E-state index contributed by atoms with van der Waals surface area (Å²) in [5.41, 5.74) is 5.20. The zero-order chi connectivity index (χ0) is 13.0. The van der Waals surface area contributed by atoms with Gasteiger partial charge in [-0.05, 0) is 26.1 Å². The van der Waals surface area contributed by atoms with E-state index in [0.29, 0.717) is 0 Å². The van der Waals surface area contributed by atoms with Gasteiger partial charge in [-0.15, -0.1) is 11.3 Å². The van der Waals surface area contributed by atoms with Crippen LogP contribution in [0.5, 0.6) is 0 Å². The highest BCUT2D eigenvalue weighted by molar-refractivity contribution is 7.09. The van der Waals surface area contributed by atoms with Gasteiger partial charge in [-0.1, -0.05) is 0 Å². The van der Waals surface area contributed by atoms with Gasteiger partial charge in [-0.2, -0.15) is 0 Å². The predicted molar refractivity (Wildman–Crippen MR) is 75.8 cm³/mol. The number of nitrogens with zero attached hydrogens (tertiary/aromatic N) is 3. The molecule has 0 aliphatic rings. The number of nitrogens with one attached hydrogen (secondary N) is 1. The third kappa shape index (κ3) is 3.27. The third-order valence-corrected chi connectivity index (χ3v) is 3.72. The summed E-state index contributed by atoms with van der Waals surface area (Å²) in [6, 6.07) is 4.05. The fourth-order valence-electron chi connectivity index (χ4n) is 1.78. The van der Waals surface area contributed by atoms with Gasteiger partial charge in [0.15, 0.2) is 0 Å². The lowest BCUT2D eigenvalue weighted by Crippen LogP contribution is -2.17. The summed E-state index contributed by atoms with van der Waals surface area (Å²) in [7, 11) is 4.02. The van der Waals surface area contributed by atoms with Crippen molar-refractivity contribution in [3.8, 4) is 0 Å². The van der Waals surface area contributed by atoms with E-state index in [0.717, 1.165) is 30.2 Å². The number of aryl methyl sites for hydroxylation is 1. The van der Waals surface area contributed by atoms with Gasteiger partial charge in [0.05, 0.1) is 16.9 Å². The summed E-state index contributed by atoms with van der Waals surface area (Å²) >= 11 is 1.71. The van der Waals surface area contributed by atoms with E-state index in [1.165, 1.54) is 4.88 Å². The fraction of sp³-hybridized carbons (Fsp3) is 0.385. The lowest BCUT2D eigenvalue weighted by molar-refractivity contribution is 0.317. The minimum Gasteiger partial charge on any atom is -0.388 e. The third-order valence-electron chi connectivity index (χ3n) is 2.80. The standard InChI is InChI=1S/C13H18N4S/c1-10-13(18-9-16-10)8-17(3)7-12-6-11(14-2)4-5-15-12/h4-6,9H,7-8H2,1-3H3,(H,14,15). The first kappa shape index (κ1) is 13.0. The minimum absolute atomic E-state index is 0.840. The maximum absolute atomic E-state index is 4.39. The van der Waals surface area contributed by atoms with E-state index in [1.807, 2.05) is 24.8 Å². The molecule has 0 bridgehead atoms. The second kappa shape index (κ2) is 5.93. The summed E-state index contributed by atoms with van der Waals surface area (Å²) in [6.07, 6.45) is 1.84. The monoisotopic (exact) mass is 262 g/mol. The summed E-state index contributed by atoms with van der Waals surface area (Å²) in [6.45, 7) is 3.81. The van der Waals surface area contributed by atoms with Crippen molar-refractivity contribution < 1.29 is 0 Å². The predicted octanol–water partition coefficient (Wildman–Crippen LogP) is 2.52. The molecule has 0 unspecified atom stereocenters. The molecule has 0 aliphatic heterocycles. The lowest BCUT2D eigenvalue weighted by Gasteiger charge is -2.15. The zero-order valence-electron chi connectivity index (χ0n) is 11.0. The zero-order valence-corrected chi connectivity index (χ0v) is 11.8. The molecule has 0 fully saturated rings. The molecule has 2 rings (SSSR count). The molecule has 0 atom stereocenters. The molecule has 0 radical (unpaired) electrons. The SMILES string of the molecule is CNc1ccnc(CN(C)Cc2scnc2C)c1. The molecule has 1 N–H and O–H groups in total. The summed E-state index contributed by atoms with van der Waals surface area (Å²) in [5.74, 6) is 0. The molecule has 0 spiro atoms. The average Bonchev–Trinajstić information content (AvgIpc) is 2.75. The van der Waals surface area contributed by atoms with Crippen LogP contribution in [-0.2, 0) is 13.1 Å². The van der Waals surface area contributed by atoms with E-state index < -0.39 is 0 Å². The Labute approximate surface area is 112 Å². The maximum atomic E-state index is 4.39. The number of rotatable bonds is 5. The normalized spacial score (nSPS) is 10.9. The Morgan fingerprint density at radius 1 is 1.33 bits per heavy atom. The second-order valence-electron chi connectivity index (χ2n) is 4.32. The van der Waals surface area contributed by atoms with E-state index in [9.17, 15) is 0 Å². The second-order valence-corrected chi connectivity index (χ2v) is 5.26. The van der Waals surface area contributed by atoms with Gasteiger partial charge in [0.25, 0.3) is 0 Å². The molecule has 0 saturated heterocycles. The first-order valence-electron chi connectivity index (χ1n) is 5.89. The van der Waals surface area contributed by atoms with Gasteiger partial charge in [-0.3, -0.25) is 9.88 Å². The Morgan fingerprint density at radius 2 is 2.17 bits per heavy atom. The van der Waals surface area contributed by atoms with E-state index in [2.05, 4.69) is 40.2 Å². The highest BCUT2D eigenvalue weighted by Crippen LogP contribution is 2.16. The van der Waals surface area contributed by atoms with Crippen LogP contribution in [-0.4, -0.2) is 29.0 Å². The van der Waals surface area contributed by atoms with Gasteiger partial charge in [0.2, 0.25) is 0 Å². The van der Waals surface area contributed by atoms with Crippen molar-refractivity contribution in [3.05, 3.63) is 40.1 Å². The van der Waals surface area contributed by atoms with E-state index in [-0.39, 0.29) is 0 Å². The van der Waals surface area contributed by atoms with Crippen LogP contribution in [0, 0.1) is 6.92 Å². The molecular formula is C13H18N4S. The molecule has 18 heavy (non-hydrogen) atoms. The van der Waals surface area contributed by atoms with Crippen LogP contribution >= 0.6 is 11.3 Å². The average molecular weight is 262 g/mol. The topological polar surface area (TPSA) is 41.1 Å². The van der Waals surface area contributed by atoms with Crippen LogP contribution < -0.4 is 5.32 Å². The van der Waals surface area contributed by atoms with E-state index in [4.69, 9.17) is 0 Å². The number of anilines is 1. The first-order chi connectivity index (χ1) is 8.69. The Bertz CT molecular complexity index is 509. The molecule has 2 aromatic heterocycles. The largest absolute Gasteiger partial charge is 0.388 e. The molecule has 4 nitrogen and oxygen atoms in total. The van der Waals surface area contributed by atoms with Crippen LogP contribution in [0.15, 0.2) is 23.8 Å². The smallest absolute Gasteiger partial charge is 0.0798 e. The van der Waals surface area contributed by atoms with Gasteiger partial charge >= 0.3 is 0 Å². The first-order valence-corrected chi connectivity index (χ1v) is 6.77. The Hall–Kier alpha value is -1.46. The molecular weight excluding hydrogens is 244 g/mol. The van der Waals surface area contributed by atoms with Crippen molar-refractivity contribution in [2.45, 2.75) is 20.0 Å². The van der Waals surface area contributed by atoms with E-state index >= 15 is 0 Å². The van der Waals surface area contributed by atoms with Gasteiger partial charge in [-0.25, -0.2) is 4.98 Å². The molecule has 0 saturated carbocycles. The van der Waals surface area contributed by atoms with Crippen molar-refractivity contribution in [3.63, 3.8) is 0 Å². The summed E-state index contributed by atoms with van der Waals surface area (Å²) in [5, 5.41) is 3.13. The minimum atomic E-state index is 0.840. The molecule has 5 heteroatoms. The number of hydrogen-bond donors (Lipinski definition) is 1. The van der Waals surface area contributed by atoms with Gasteiger partial charge in [0.1, 0.15) is 0 Å². The molecule has 2 aromatic rings. The lowest BCUT2D eigenvalue weighted by atomic mass is 10.3. The highest BCUT2D eigenvalue weighted by atomic mass is 32.1. The van der Waals surface area contributed by atoms with Crippen molar-refractivity contribution in [2.75, 3.05) is 19.4 Å². The van der Waals surface area contributed by atoms with E-state index in [1.54, 1.807) is 11.3 Å².